The lowest BCUT2D eigenvalue weighted by Gasteiger charge is -2.17. The van der Waals surface area contributed by atoms with E-state index in [0.29, 0.717) is 6.04 Å². The van der Waals surface area contributed by atoms with Gasteiger partial charge in [0.1, 0.15) is 0 Å². The molecule has 0 aliphatic carbocycles. The molecule has 1 N–H and O–H groups in total. The molecular weight excluding hydrogens is 240 g/mol. The number of rotatable bonds is 6. The summed E-state index contributed by atoms with van der Waals surface area (Å²) in [6.45, 7) is 5.34. The van der Waals surface area contributed by atoms with Gasteiger partial charge in [0.2, 0.25) is 0 Å². The molecule has 0 saturated carbocycles. The second-order valence-electron chi connectivity index (χ2n) is 4.23. The zero-order valence-electron chi connectivity index (χ0n) is 11.0. The summed E-state index contributed by atoms with van der Waals surface area (Å²) in [6.07, 6.45) is 2.01. The molecule has 2 nitrogen and oxygen atoms in total. The normalized spacial score (nSPS) is 12.8. The molecule has 2 rings (SSSR count). The average molecular weight is 260 g/mol. The van der Waals surface area contributed by atoms with Crippen molar-refractivity contribution in [2.45, 2.75) is 19.9 Å². The first-order valence-electron chi connectivity index (χ1n) is 6.51. The molecule has 3 heteroatoms. The molecular formula is C15H20N2S. The molecule has 1 atom stereocenters. The lowest BCUT2D eigenvalue weighted by Crippen LogP contribution is -2.23. The van der Waals surface area contributed by atoms with Gasteiger partial charge in [-0.2, -0.15) is 11.8 Å². The molecule has 0 radical (unpaired) electrons. The lowest BCUT2D eigenvalue weighted by molar-refractivity contribution is 0.605. The van der Waals surface area contributed by atoms with Crippen LogP contribution in [0.3, 0.4) is 0 Å². The highest BCUT2D eigenvalue weighted by molar-refractivity contribution is 7.99. The Labute approximate surface area is 113 Å². The van der Waals surface area contributed by atoms with Crippen molar-refractivity contribution in [3.8, 4) is 0 Å². The molecule has 96 valence electrons. The molecule has 0 aliphatic heterocycles. The van der Waals surface area contributed by atoms with Crippen molar-refractivity contribution < 1.29 is 0 Å². The first-order chi connectivity index (χ1) is 8.85. The van der Waals surface area contributed by atoms with Crippen molar-refractivity contribution in [3.63, 3.8) is 0 Å². The van der Waals surface area contributed by atoms with Gasteiger partial charge in [0, 0.05) is 23.4 Å². The number of nitrogens with one attached hydrogen (secondary N) is 1. The van der Waals surface area contributed by atoms with Gasteiger partial charge in [0.25, 0.3) is 0 Å². The molecule has 1 aromatic heterocycles. The minimum absolute atomic E-state index is 0.400. The Hall–Kier alpha value is -1.06. The first-order valence-corrected chi connectivity index (χ1v) is 7.66. The summed E-state index contributed by atoms with van der Waals surface area (Å²) in [7, 11) is 0. The number of hydrogen-bond acceptors (Lipinski definition) is 3. The van der Waals surface area contributed by atoms with Crippen LogP contribution in [0.1, 0.15) is 25.5 Å². The molecule has 0 spiro atoms. The maximum absolute atomic E-state index is 4.54. The standard InChI is InChI=1S/C15H20N2S/c1-3-16-15(11-18-4-2)13-9-12-7-5-6-8-14(12)17-10-13/h5-10,15-16H,3-4,11H2,1-2H3. The quantitative estimate of drug-likeness (QED) is 0.858. The highest BCUT2D eigenvalue weighted by atomic mass is 32.2. The van der Waals surface area contributed by atoms with E-state index in [9.17, 15) is 0 Å². The van der Waals surface area contributed by atoms with E-state index in [-0.39, 0.29) is 0 Å². The Bertz CT molecular complexity index is 499. The van der Waals surface area contributed by atoms with Crippen molar-refractivity contribution in [2.24, 2.45) is 0 Å². The zero-order chi connectivity index (χ0) is 12.8. The van der Waals surface area contributed by atoms with Crippen LogP contribution in [-0.4, -0.2) is 23.0 Å². The van der Waals surface area contributed by atoms with Crippen molar-refractivity contribution in [1.29, 1.82) is 0 Å². The number of aromatic nitrogens is 1. The fraction of sp³-hybridized carbons (Fsp3) is 0.400. The third kappa shape index (κ3) is 3.24. The molecule has 1 aromatic carbocycles. The van der Waals surface area contributed by atoms with Gasteiger partial charge in [-0.25, -0.2) is 0 Å². The van der Waals surface area contributed by atoms with Crippen LogP contribution in [0.15, 0.2) is 36.5 Å². The van der Waals surface area contributed by atoms with E-state index < -0.39 is 0 Å². The summed E-state index contributed by atoms with van der Waals surface area (Å²) in [5, 5.41) is 4.76. The second kappa shape index (κ2) is 6.76. The predicted octanol–water partition coefficient (Wildman–Crippen LogP) is 3.64. The number of para-hydroxylation sites is 1. The van der Waals surface area contributed by atoms with Crippen molar-refractivity contribution in [1.82, 2.24) is 10.3 Å². The van der Waals surface area contributed by atoms with Crippen LogP contribution in [0.2, 0.25) is 0 Å². The van der Waals surface area contributed by atoms with Crippen molar-refractivity contribution >= 4 is 22.7 Å². The third-order valence-corrected chi connectivity index (χ3v) is 3.93. The molecule has 1 heterocycles. The fourth-order valence-corrected chi connectivity index (χ4v) is 2.82. The van der Waals surface area contributed by atoms with Crippen LogP contribution in [0, 0.1) is 0 Å². The van der Waals surface area contributed by atoms with Crippen LogP contribution in [0.4, 0.5) is 0 Å². The van der Waals surface area contributed by atoms with Crippen LogP contribution < -0.4 is 5.32 Å². The summed E-state index contributed by atoms with van der Waals surface area (Å²) >= 11 is 1.97. The van der Waals surface area contributed by atoms with Gasteiger partial charge in [0.15, 0.2) is 0 Å². The lowest BCUT2D eigenvalue weighted by atomic mass is 10.1. The minimum Gasteiger partial charge on any atom is -0.309 e. The zero-order valence-corrected chi connectivity index (χ0v) is 11.8. The van der Waals surface area contributed by atoms with Gasteiger partial charge in [-0.15, -0.1) is 0 Å². The number of thioether (sulfide) groups is 1. The highest BCUT2D eigenvalue weighted by Crippen LogP contribution is 2.21. The maximum atomic E-state index is 4.54. The molecule has 0 fully saturated rings. The summed E-state index contributed by atoms with van der Waals surface area (Å²) in [5.41, 5.74) is 2.36. The van der Waals surface area contributed by atoms with Crippen molar-refractivity contribution in [2.75, 3.05) is 18.1 Å². The first kappa shape index (κ1) is 13.4. The smallest absolute Gasteiger partial charge is 0.0702 e. The van der Waals surface area contributed by atoms with E-state index in [2.05, 4.69) is 48.4 Å². The van der Waals surface area contributed by atoms with E-state index in [1.165, 1.54) is 10.9 Å². The van der Waals surface area contributed by atoms with E-state index >= 15 is 0 Å². The van der Waals surface area contributed by atoms with Crippen LogP contribution >= 0.6 is 11.8 Å². The summed E-state index contributed by atoms with van der Waals surface area (Å²) in [6, 6.07) is 10.9. The Morgan fingerprint density at radius 2 is 2.11 bits per heavy atom. The maximum Gasteiger partial charge on any atom is 0.0702 e. The van der Waals surface area contributed by atoms with E-state index in [1.807, 2.05) is 24.0 Å². The Balaban J connectivity index is 2.25. The Morgan fingerprint density at radius 1 is 1.28 bits per heavy atom. The molecule has 0 bridgehead atoms. The minimum atomic E-state index is 0.400. The van der Waals surface area contributed by atoms with Gasteiger partial charge in [-0.3, -0.25) is 4.98 Å². The van der Waals surface area contributed by atoms with E-state index in [1.54, 1.807) is 0 Å². The molecule has 0 saturated heterocycles. The fourth-order valence-electron chi connectivity index (χ4n) is 2.03. The Morgan fingerprint density at radius 3 is 2.89 bits per heavy atom. The monoisotopic (exact) mass is 260 g/mol. The summed E-state index contributed by atoms with van der Waals surface area (Å²) in [5.74, 6) is 2.26. The van der Waals surface area contributed by atoms with Crippen molar-refractivity contribution in [3.05, 3.63) is 42.1 Å². The average Bonchev–Trinajstić information content (AvgIpc) is 2.43. The summed E-state index contributed by atoms with van der Waals surface area (Å²) in [4.78, 5) is 4.54. The van der Waals surface area contributed by atoms with Gasteiger partial charge in [-0.05, 0) is 30.0 Å². The van der Waals surface area contributed by atoms with E-state index in [0.717, 1.165) is 23.6 Å². The number of nitrogens with zero attached hydrogens (tertiary/aromatic N) is 1. The molecule has 0 aliphatic rings. The second-order valence-corrected chi connectivity index (χ2v) is 5.55. The largest absolute Gasteiger partial charge is 0.309 e. The SMILES string of the molecule is CCNC(CSCC)c1cnc2ccccc2c1. The van der Waals surface area contributed by atoms with Crippen LogP contribution in [0.5, 0.6) is 0 Å². The predicted molar refractivity (Wildman–Crippen MR) is 81.2 cm³/mol. The number of pyridine rings is 1. The Kier molecular flexibility index (Phi) is 5.02. The molecule has 18 heavy (non-hydrogen) atoms. The number of benzene rings is 1. The topological polar surface area (TPSA) is 24.9 Å². The number of hydrogen-bond donors (Lipinski definition) is 1. The van der Waals surface area contributed by atoms with E-state index in [4.69, 9.17) is 0 Å². The van der Waals surface area contributed by atoms with Gasteiger partial charge < -0.3 is 5.32 Å². The van der Waals surface area contributed by atoms with Gasteiger partial charge in [0.05, 0.1) is 5.52 Å². The van der Waals surface area contributed by atoms with Crippen LogP contribution in [0.25, 0.3) is 10.9 Å². The molecule has 2 aromatic rings. The molecule has 1 unspecified atom stereocenters. The third-order valence-electron chi connectivity index (χ3n) is 2.95. The molecule has 0 amide bonds. The highest BCUT2D eigenvalue weighted by Gasteiger charge is 2.10. The van der Waals surface area contributed by atoms with Gasteiger partial charge in [-0.1, -0.05) is 32.0 Å². The number of fused-ring (bicyclic) bond motifs is 1. The summed E-state index contributed by atoms with van der Waals surface area (Å²) < 4.78 is 0. The van der Waals surface area contributed by atoms with Gasteiger partial charge >= 0.3 is 0 Å². The van der Waals surface area contributed by atoms with Crippen LogP contribution in [-0.2, 0) is 0 Å².